The lowest BCUT2D eigenvalue weighted by Gasteiger charge is -2.29. The summed E-state index contributed by atoms with van der Waals surface area (Å²) < 4.78 is 5.34. The van der Waals surface area contributed by atoms with Gasteiger partial charge in [-0.2, -0.15) is 0 Å². The molecular formula is C20H18Cl2N2O4. The fraction of sp³-hybridized carbons (Fsp3) is 0.300. The van der Waals surface area contributed by atoms with Crippen molar-refractivity contribution < 1.29 is 19.4 Å². The highest BCUT2D eigenvalue weighted by molar-refractivity contribution is 6.38. The topological polar surface area (TPSA) is 78.9 Å². The second-order valence-corrected chi connectivity index (χ2v) is 7.65. The lowest BCUT2D eigenvalue weighted by Crippen LogP contribution is -2.37. The van der Waals surface area contributed by atoms with Gasteiger partial charge < -0.3 is 20.1 Å². The van der Waals surface area contributed by atoms with E-state index in [0.717, 1.165) is 18.8 Å². The van der Waals surface area contributed by atoms with Crippen molar-refractivity contribution in [1.29, 1.82) is 0 Å². The second kappa shape index (κ2) is 7.37. The van der Waals surface area contributed by atoms with Crippen LogP contribution in [0.2, 0.25) is 10.0 Å². The molecule has 146 valence electrons. The van der Waals surface area contributed by atoms with Crippen LogP contribution in [0, 0.1) is 0 Å². The minimum atomic E-state index is -2.06. The van der Waals surface area contributed by atoms with Crippen LogP contribution in [0.25, 0.3) is 0 Å². The average Bonchev–Trinajstić information content (AvgIpc) is 2.97. The molecule has 2 aromatic carbocycles. The number of morpholine rings is 1. The summed E-state index contributed by atoms with van der Waals surface area (Å²) in [5.41, 5.74) is -0.263. The molecule has 0 spiro atoms. The van der Waals surface area contributed by atoms with E-state index in [1.54, 1.807) is 12.1 Å². The molecule has 2 aliphatic rings. The number of hydrogen-bond donors (Lipinski definition) is 2. The standard InChI is InChI=1S/C20H18Cl2N2O4/c21-14-5-6-15(22)18-17(14)20(27,19(26)23-18)11-16(25)12-1-3-13(4-2-12)24-7-9-28-10-8-24/h1-6,27H,7-11H2,(H,23,26). The number of nitrogens with one attached hydrogen (secondary N) is 1. The van der Waals surface area contributed by atoms with Gasteiger partial charge in [0.2, 0.25) is 0 Å². The summed E-state index contributed by atoms with van der Waals surface area (Å²) in [6.07, 6.45) is -0.428. The number of benzene rings is 2. The van der Waals surface area contributed by atoms with Crippen LogP contribution < -0.4 is 10.2 Å². The second-order valence-electron chi connectivity index (χ2n) is 6.84. The number of amides is 1. The molecule has 6 nitrogen and oxygen atoms in total. The molecule has 0 saturated carbocycles. The number of fused-ring (bicyclic) bond motifs is 1. The molecule has 0 aromatic heterocycles. The number of carbonyl (C=O) groups excluding carboxylic acids is 2. The Morgan fingerprint density at radius 1 is 1.11 bits per heavy atom. The van der Waals surface area contributed by atoms with Crippen LogP contribution in [0.3, 0.4) is 0 Å². The van der Waals surface area contributed by atoms with Crippen molar-refractivity contribution in [1.82, 2.24) is 0 Å². The van der Waals surface area contributed by atoms with Crippen LogP contribution in [0.15, 0.2) is 36.4 Å². The van der Waals surface area contributed by atoms with Crippen LogP contribution in [0.5, 0.6) is 0 Å². The fourth-order valence-corrected chi connectivity index (χ4v) is 4.11. The van der Waals surface area contributed by atoms with Gasteiger partial charge in [-0.1, -0.05) is 23.2 Å². The number of carbonyl (C=O) groups is 2. The highest BCUT2D eigenvalue weighted by Gasteiger charge is 2.49. The van der Waals surface area contributed by atoms with Crippen LogP contribution >= 0.6 is 23.2 Å². The predicted octanol–water partition coefficient (Wildman–Crippen LogP) is 3.24. The number of anilines is 2. The summed E-state index contributed by atoms with van der Waals surface area (Å²) in [6.45, 7) is 2.93. The average molecular weight is 421 g/mol. The van der Waals surface area contributed by atoms with Gasteiger partial charge in [0.25, 0.3) is 5.91 Å². The highest BCUT2D eigenvalue weighted by Crippen LogP contribution is 2.46. The van der Waals surface area contributed by atoms with Crippen molar-refractivity contribution in [2.24, 2.45) is 0 Å². The van der Waals surface area contributed by atoms with Crippen LogP contribution in [-0.2, 0) is 15.1 Å². The number of halogens is 2. The molecule has 8 heteroatoms. The summed E-state index contributed by atoms with van der Waals surface area (Å²) in [6, 6.07) is 10.1. The Bertz CT molecular complexity index is 942. The van der Waals surface area contributed by atoms with E-state index in [2.05, 4.69) is 10.2 Å². The van der Waals surface area contributed by atoms with E-state index >= 15 is 0 Å². The molecule has 0 aliphatic carbocycles. The summed E-state index contributed by atoms with van der Waals surface area (Å²) in [5.74, 6) is -1.08. The lowest BCUT2D eigenvalue weighted by molar-refractivity contribution is -0.133. The largest absolute Gasteiger partial charge is 0.378 e. The maximum atomic E-state index is 12.8. The maximum Gasteiger partial charge on any atom is 0.261 e. The monoisotopic (exact) mass is 420 g/mol. The van der Waals surface area contributed by atoms with Gasteiger partial charge in [-0.15, -0.1) is 0 Å². The first-order chi connectivity index (χ1) is 13.4. The number of ether oxygens (including phenoxy) is 1. The SMILES string of the molecule is O=C(CC1(O)C(=O)Nc2c(Cl)ccc(Cl)c21)c1ccc(N2CCOCC2)cc1. The summed E-state index contributed by atoms with van der Waals surface area (Å²) in [4.78, 5) is 27.4. The van der Waals surface area contributed by atoms with E-state index in [-0.39, 0.29) is 27.1 Å². The van der Waals surface area contributed by atoms with Crippen molar-refractivity contribution in [3.8, 4) is 0 Å². The first-order valence-electron chi connectivity index (χ1n) is 8.88. The number of ketones is 1. The quantitative estimate of drug-likeness (QED) is 0.742. The Morgan fingerprint density at radius 2 is 1.75 bits per heavy atom. The molecule has 2 aliphatic heterocycles. The molecule has 0 radical (unpaired) electrons. The van der Waals surface area contributed by atoms with Crippen LogP contribution in [0.4, 0.5) is 11.4 Å². The minimum absolute atomic E-state index is 0.143. The first-order valence-corrected chi connectivity index (χ1v) is 9.64. The summed E-state index contributed by atoms with van der Waals surface area (Å²) in [5, 5.41) is 14.0. The van der Waals surface area contributed by atoms with E-state index in [0.29, 0.717) is 18.8 Å². The highest BCUT2D eigenvalue weighted by atomic mass is 35.5. The van der Waals surface area contributed by atoms with Gasteiger partial charge >= 0.3 is 0 Å². The van der Waals surface area contributed by atoms with Gasteiger partial charge in [0.1, 0.15) is 0 Å². The number of hydrogen-bond acceptors (Lipinski definition) is 5. The van der Waals surface area contributed by atoms with Crippen molar-refractivity contribution in [3.05, 3.63) is 57.6 Å². The van der Waals surface area contributed by atoms with E-state index in [1.807, 2.05) is 12.1 Å². The van der Waals surface area contributed by atoms with E-state index in [1.165, 1.54) is 12.1 Å². The minimum Gasteiger partial charge on any atom is -0.378 e. The third-order valence-electron chi connectivity index (χ3n) is 5.11. The van der Waals surface area contributed by atoms with E-state index in [4.69, 9.17) is 27.9 Å². The van der Waals surface area contributed by atoms with E-state index in [9.17, 15) is 14.7 Å². The molecule has 4 rings (SSSR count). The van der Waals surface area contributed by atoms with Gasteiger partial charge in [-0.3, -0.25) is 9.59 Å². The molecule has 2 N–H and O–H groups in total. The smallest absolute Gasteiger partial charge is 0.261 e. The predicted molar refractivity (Wildman–Crippen MR) is 107 cm³/mol. The number of rotatable bonds is 4. The zero-order valence-corrected chi connectivity index (χ0v) is 16.4. The number of Topliss-reactive ketones (excluding diaryl/α,β-unsaturated/α-hetero) is 1. The normalized spacial score (nSPS) is 21.4. The lowest BCUT2D eigenvalue weighted by atomic mass is 9.88. The third kappa shape index (κ3) is 3.26. The van der Waals surface area contributed by atoms with Crippen molar-refractivity contribution in [3.63, 3.8) is 0 Å². The molecule has 1 amide bonds. The maximum absolute atomic E-state index is 12.8. The van der Waals surface area contributed by atoms with Crippen molar-refractivity contribution in [2.75, 3.05) is 36.5 Å². The Balaban J connectivity index is 1.57. The molecule has 2 aromatic rings. The van der Waals surface area contributed by atoms with E-state index < -0.39 is 17.9 Å². The summed E-state index contributed by atoms with van der Waals surface area (Å²) in [7, 11) is 0. The van der Waals surface area contributed by atoms with Crippen molar-refractivity contribution in [2.45, 2.75) is 12.0 Å². The van der Waals surface area contributed by atoms with Gasteiger partial charge in [-0.05, 0) is 36.4 Å². The molecule has 28 heavy (non-hydrogen) atoms. The van der Waals surface area contributed by atoms with Crippen LogP contribution in [-0.4, -0.2) is 43.1 Å². The van der Waals surface area contributed by atoms with Crippen molar-refractivity contribution >= 4 is 46.3 Å². The number of nitrogens with zero attached hydrogens (tertiary/aromatic N) is 1. The van der Waals surface area contributed by atoms with Gasteiger partial charge in [0.05, 0.1) is 30.3 Å². The fourth-order valence-electron chi connectivity index (χ4n) is 3.59. The molecule has 1 fully saturated rings. The zero-order valence-electron chi connectivity index (χ0n) is 14.9. The molecule has 1 unspecified atom stereocenters. The Hall–Kier alpha value is -2.12. The van der Waals surface area contributed by atoms with Crippen LogP contribution in [0.1, 0.15) is 22.3 Å². The molecule has 1 saturated heterocycles. The summed E-state index contributed by atoms with van der Waals surface area (Å²) >= 11 is 12.3. The Morgan fingerprint density at radius 3 is 2.43 bits per heavy atom. The molecule has 2 heterocycles. The Kier molecular flexibility index (Phi) is 5.05. The molecule has 1 atom stereocenters. The Labute approximate surface area is 172 Å². The zero-order chi connectivity index (χ0) is 19.9. The van der Waals surface area contributed by atoms with Gasteiger partial charge in [0.15, 0.2) is 11.4 Å². The molecular weight excluding hydrogens is 403 g/mol. The van der Waals surface area contributed by atoms with Gasteiger partial charge in [-0.25, -0.2) is 0 Å². The van der Waals surface area contributed by atoms with Gasteiger partial charge in [0, 0.05) is 34.9 Å². The number of aliphatic hydroxyl groups is 1. The third-order valence-corrected chi connectivity index (χ3v) is 5.74. The molecule has 0 bridgehead atoms. The first kappa shape index (κ1) is 19.2.